The van der Waals surface area contributed by atoms with E-state index in [0.29, 0.717) is 12.0 Å². The molecule has 100 valence electrons. The smallest absolute Gasteiger partial charge is 0.338 e. The Morgan fingerprint density at radius 2 is 1.79 bits per heavy atom. The number of benzene rings is 1. The van der Waals surface area contributed by atoms with Crippen LogP contribution in [0.3, 0.4) is 0 Å². The van der Waals surface area contributed by atoms with E-state index in [1.165, 1.54) is 0 Å². The van der Waals surface area contributed by atoms with Gasteiger partial charge in [0, 0.05) is 5.41 Å². The van der Waals surface area contributed by atoms with Crippen LogP contribution < -0.4 is 0 Å². The highest BCUT2D eigenvalue weighted by molar-refractivity contribution is 5.96. The summed E-state index contributed by atoms with van der Waals surface area (Å²) in [6, 6.07) is 8.88. The van der Waals surface area contributed by atoms with Crippen molar-refractivity contribution in [2.45, 2.75) is 44.6 Å². The zero-order chi connectivity index (χ0) is 13.3. The van der Waals surface area contributed by atoms with Crippen LogP contribution in [0.2, 0.25) is 0 Å². The van der Waals surface area contributed by atoms with Gasteiger partial charge in [-0.25, -0.2) is 4.79 Å². The van der Waals surface area contributed by atoms with Crippen LogP contribution in [0.5, 0.6) is 0 Å². The van der Waals surface area contributed by atoms with Crippen molar-refractivity contribution >= 4 is 11.8 Å². The first-order valence-corrected chi connectivity index (χ1v) is 7.02. The Hall–Kier alpha value is -1.64. The van der Waals surface area contributed by atoms with Crippen LogP contribution in [0.15, 0.2) is 30.3 Å². The molecular weight excluding hydrogens is 240 g/mol. The summed E-state index contributed by atoms with van der Waals surface area (Å²) in [6.07, 6.45) is 5.27. The van der Waals surface area contributed by atoms with Crippen molar-refractivity contribution in [3.8, 4) is 0 Å². The average molecular weight is 258 g/mol. The van der Waals surface area contributed by atoms with E-state index < -0.39 is 6.10 Å². The van der Waals surface area contributed by atoms with Crippen LogP contribution in [0.1, 0.15) is 48.9 Å². The molecule has 0 radical (unpaired) electrons. The van der Waals surface area contributed by atoms with Gasteiger partial charge in [-0.05, 0) is 37.8 Å². The zero-order valence-electron chi connectivity index (χ0n) is 10.9. The van der Waals surface area contributed by atoms with Gasteiger partial charge in [-0.1, -0.05) is 31.0 Å². The van der Waals surface area contributed by atoms with Gasteiger partial charge in [0.05, 0.1) is 5.56 Å². The third-order valence-electron chi connectivity index (χ3n) is 4.52. The molecule has 1 aromatic carbocycles. The van der Waals surface area contributed by atoms with Gasteiger partial charge in [-0.3, -0.25) is 4.79 Å². The molecule has 2 fully saturated rings. The number of ether oxygens (including phenoxy) is 1. The van der Waals surface area contributed by atoms with Gasteiger partial charge in [0.1, 0.15) is 0 Å². The number of Topliss-reactive ketones (excluding diaryl/α,β-unsaturated/α-hetero) is 1. The number of hydrogen-bond donors (Lipinski definition) is 0. The maximum Gasteiger partial charge on any atom is 0.338 e. The molecule has 2 aliphatic rings. The molecule has 19 heavy (non-hydrogen) atoms. The number of carbonyl (C=O) groups excluding carboxylic acids is 2. The van der Waals surface area contributed by atoms with E-state index in [9.17, 15) is 9.59 Å². The van der Waals surface area contributed by atoms with Crippen LogP contribution in [-0.2, 0) is 9.53 Å². The summed E-state index contributed by atoms with van der Waals surface area (Å²) in [4.78, 5) is 24.4. The number of rotatable bonds is 2. The summed E-state index contributed by atoms with van der Waals surface area (Å²) in [5.41, 5.74) is 0.351. The molecule has 1 aromatic rings. The SMILES string of the molecule is O=C(O[C@H]1CCC2(CCCC2)C1=O)c1ccccc1. The topological polar surface area (TPSA) is 43.4 Å². The standard InChI is InChI=1S/C16H18O3/c17-14-13(8-11-16(14)9-4-5-10-16)19-15(18)12-6-2-1-3-7-12/h1-3,6-7,13H,4-5,8-11H2/t13-/m0/s1. The van der Waals surface area contributed by atoms with Gasteiger partial charge in [-0.15, -0.1) is 0 Å². The van der Waals surface area contributed by atoms with E-state index in [1.54, 1.807) is 24.3 Å². The number of carbonyl (C=O) groups is 2. The molecule has 2 aliphatic carbocycles. The van der Waals surface area contributed by atoms with Crippen LogP contribution in [0.25, 0.3) is 0 Å². The fourth-order valence-electron chi connectivity index (χ4n) is 3.44. The van der Waals surface area contributed by atoms with E-state index in [0.717, 1.165) is 32.1 Å². The van der Waals surface area contributed by atoms with E-state index in [2.05, 4.69) is 0 Å². The van der Waals surface area contributed by atoms with Gasteiger partial charge in [-0.2, -0.15) is 0 Å². The fraction of sp³-hybridized carbons (Fsp3) is 0.500. The molecule has 0 aromatic heterocycles. The van der Waals surface area contributed by atoms with Crippen molar-refractivity contribution in [3.63, 3.8) is 0 Å². The third-order valence-corrected chi connectivity index (χ3v) is 4.52. The highest BCUT2D eigenvalue weighted by atomic mass is 16.5. The maximum atomic E-state index is 12.4. The summed E-state index contributed by atoms with van der Waals surface area (Å²) >= 11 is 0. The second-order valence-corrected chi connectivity index (χ2v) is 5.65. The molecule has 2 saturated carbocycles. The minimum absolute atomic E-state index is 0.161. The van der Waals surface area contributed by atoms with Crippen molar-refractivity contribution in [3.05, 3.63) is 35.9 Å². The molecular formula is C16H18O3. The molecule has 3 heteroatoms. The predicted octanol–water partition coefficient (Wildman–Crippen LogP) is 3.14. The van der Waals surface area contributed by atoms with Crippen molar-refractivity contribution in [2.24, 2.45) is 5.41 Å². The van der Waals surface area contributed by atoms with Crippen molar-refractivity contribution in [1.82, 2.24) is 0 Å². The molecule has 3 nitrogen and oxygen atoms in total. The maximum absolute atomic E-state index is 12.4. The van der Waals surface area contributed by atoms with Crippen molar-refractivity contribution in [1.29, 1.82) is 0 Å². The Kier molecular flexibility index (Phi) is 3.13. The summed E-state index contributed by atoms with van der Waals surface area (Å²) in [6.45, 7) is 0. The molecule has 3 rings (SSSR count). The fourth-order valence-corrected chi connectivity index (χ4v) is 3.44. The molecule has 1 atom stereocenters. The second kappa shape index (κ2) is 4.80. The molecule has 0 aliphatic heterocycles. The lowest BCUT2D eigenvalue weighted by Gasteiger charge is -2.20. The molecule has 0 amide bonds. The van der Waals surface area contributed by atoms with E-state index in [4.69, 9.17) is 4.74 Å². The minimum atomic E-state index is -0.522. The Balaban J connectivity index is 1.68. The number of hydrogen-bond acceptors (Lipinski definition) is 3. The summed E-state index contributed by atoms with van der Waals surface area (Å²) in [5.74, 6) is -0.219. The van der Waals surface area contributed by atoms with Gasteiger partial charge in [0.15, 0.2) is 11.9 Å². The van der Waals surface area contributed by atoms with E-state index >= 15 is 0 Å². The van der Waals surface area contributed by atoms with Gasteiger partial charge >= 0.3 is 5.97 Å². The molecule has 0 unspecified atom stereocenters. The summed E-state index contributed by atoms with van der Waals surface area (Å²) in [7, 11) is 0. The average Bonchev–Trinajstić information content (AvgIpc) is 3.03. The zero-order valence-corrected chi connectivity index (χ0v) is 10.9. The lowest BCUT2D eigenvalue weighted by molar-refractivity contribution is -0.132. The first-order valence-electron chi connectivity index (χ1n) is 7.02. The summed E-state index contributed by atoms with van der Waals surface area (Å²) in [5, 5.41) is 0. The molecule has 0 heterocycles. The lowest BCUT2D eigenvalue weighted by atomic mass is 9.83. The van der Waals surface area contributed by atoms with Gasteiger partial charge in [0.25, 0.3) is 0 Å². The highest BCUT2D eigenvalue weighted by Crippen LogP contribution is 2.48. The van der Waals surface area contributed by atoms with E-state index in [-0.39, 0.29) is 17.2 Å². The monoisotopic (exact) mass is 258 g/mol. The Bertz CT molecular complexity index is 486. The molecule has 0 saturated heterocycles. The van der Waals surface area contributed by atoms with Crippen molar-refractivity contribution in [2.75, 3.05) is 0 Å². The number of esters is 1. The van der Waals surface area contributed by atoms with Gasteiger partial charge in [0.2, 0.25) is 0 Å². The molecule has 0 bridgehead atoms. The number of ketones is 1. The quantitative estimate of drug-likeness (QED) is 0.765. The summed E-state index contributed by atoms with van der Waals surface area (Å²) < 4.78 is 5.41. The Morgan fingerprint density at radius 3 is 2.47 bits per heavy atom. The third kappa shape index (κ3) is 2.18. The van der Waals surface area contributed by atoms with Crippen LogP contribution in [0.4, 0.5) is 0 Å². The second-order valence-electron chi connectivity index (χ2n) is 5.65. The Labute approximate surface area is 113 Å². The molecule has 1 spiro atoms. The molecule has 0 N–H and O–H groups in total. The lowest BCUT2D eigenvalue weighted by Crippen LogP contribution is -2.31. The van der Waals surface area contributed by atoms with Gasteiger partial charge < -0.3 is 4.74 Å². The van der Waals surface area contributed by atoms with E-state index in [1.807, 2.05) is 6.07 Å². The first-order chi connectivity index (χ1) is 9.21. The van der Waals surface area contributed by atoms with Crippen LogP contribution in [-0.4, -0.2) is 17.9 Å². The van der Waals surface area contributed by atoms with Crippen LogP contribution >= 0.6 is 0 Å². The largest absolute Gasteiger partial charge is 0.451 e. The highest BCUT2D eigenvalue weighted by Gasteiger charge is 2.50. The normalized spacial score (nSPS) is 24.8. The first kappa shape index (κ1) is 12.4. The van der Waals surface area contributed by atoms with Crippen LogP contribution in [0, 0.1) is 5.41 Å². The predicted molar refractivity (Wildman–Crippen MR) is 70.8 cm³/mol. The minimum Gasteiger partial charge on any atom is -0.451 e. The Morgan fingerprint density at radius 1 is 1.11 bits per heavy atom. The van der Waals surface area contributed by atoms with Crippen molar-refractivity contribution < 1.29 is 14.3 Å².